The highest BCUT2D eigenvalue weighted by Crippen LogP contribution is 2.24. The molecule has 0 N–H and O–H groups in total. The summed E-state index contributed by atoms with van der Waals surface area (Å²) in [6.07, 6.45) is -1.75. The Hall–Kier alpha value is -1.14. The summed E-state index contributed by atoms with van der Waals surface area (Å²) >= 11 is 0. The second-order valence-electron chi connectivity index (χ2n) is 3.96. The van der Waals surface area contributed by atoms with Gasteiger partial charge in [-0.2, -0.15) is 0 Å². The lowest BCUT2D eigenvalue weighted by molar-refractivity contribution is -0.158. The standard InChI is InChI=1S/C11H18O6/c1-6(16-7(2)12)10-11(14-4)9(5-15-10)17-8(3)13/h6,9-11H,5H2,1-4H3/t6-,9+,10+,11-/m1/s1. The molecular weight excluding hydrogens is 228 g/mol. The molecule has 0 radical (unpaired) electrons. The SMILES string of the molecule is CO[C@H]1[C@H]([C@@H](C)OC(C)=O)OC[C@@H]1OC(C)=O. The molecule has 1 rings (SSSR count). The van der Waals surface area contributed by atoms with Crippen LogP contribution in [0.1, 0.15) is 20.8 Å². The van der Waals surface area contributed by atoms with E-state index in [0.717, 1.165) is 0 Å². The van der Waals surface area contributed by atoms with Crippen molar-refractivity contribution in [3.63, 3.8) is 0 Å². The van der Waals surface area contributed by atoms with Crippen LogP contribution in [-0.4, -0.2) is 50.1 Å². The first-order chi connectivity index (χ1) is 7.95. The van der Waals surface area contributed by atoms with Crippen molar-refractivity contribution < 1.29 is 28.5 Å². The van der Waals surface area contributed by atoms with Crippen LogP contribution in [0.3, 0.4) is 0 Å². The maximum Gasteiger partial charge on any atom is 0.303 e. The van der Waals surface area contributed by atoms with Crippen molar-refractivity contribution in [2.45, 2.75) is 45.2 Å². The van der Waals surface area contributed by atoms with E-state index in [0.29, 0.717) is 0 Å². The van der Waals surface area contributed by atoms with Crippen molar-refractivity contribution in [2.24, 2.45) is 0 Å². The average molecular weight is 246 g/mol. The van der Waals surface area contributed by atoms with Gasteiger partial charge in [-0.1, -0.05) is 0 Å². The van der Waals surface area contributed by atoms with Crippen LogP contribution in [0.4, 0.5) is 0 Å². The molecule has 0 aromatic carbocycles. The molecule has 1 saturated heterocycles. The van der Waals surface area contributed by atoms with Gasteiger partial charge in [0.15, 0.2) is 6.10 Å². The van der Waals surface area contributed by atoms with Gasteiger partial charge in [0, 0.05) is 21.0 Å². The van der Waals surface area contributed by atoms with Crippen LogP contribution in [0.2, 0.25) is 0 Å². The molecule has 0 bridgehead atoms. The number of rotatable bonds is 4. The largest absolute Gasteiger partial charge is 0.460 e. The van der Waals surface area contributed by atoms with Gasteiger partial charge in [0.1, 0.15) is 18.3 Å². The van der Waals surface area contributed by atoms with E-state index in [-0.39, 0.29) is 18.5 Å². The molecule has 1 aliphatic heterocycles. The van der Waals surface area contributed by atoms with E-state index in [2.05, 4.69) is 0 Å². The van der Waals surface area contributed by atoms with Crippen LogP contribution in [0, 0.1) is 0 Å². The van der Waals surface area contributed by atoms with Gasteiger partial charge in [-0.25, -0.2) is 0 Å². The molecule has 4 atom stereocenters. The Kier molecular flexibility index (Phi) is 4.89. The van der Waals surface area contributed by atoms with Gasteiger partial charge in [-0.3, -0.25) is 9.59 Å². The number of methoxy groups -OCH3 is 1. The van der Waals surface area contributed by atoms with Gasteiger partial charge in [0.2, 0.25) is 0 Å². The summed E-state index contributed by atoms with van der Waals surface area (Å²) < 4.78 is 20.8. The van der Waals surface area contributed by atoms with E-state index in [1.807, 2.05) is 0 Å². The molecule has 0 amide bonds. The van der Waals surface area contributed by atoms with Crippen LogP contribution in [-0.2, 0) is 28.5 Å². The van der Waals surface area contributed by atoms with Crippen LogP contribution in [0.5, 0.6) is 0 Å². The Balaban J connectivity index is 2.62. The topological polar surface area (TPSA) is 71.1 Å². The first-order valence-corrected chi connectivity index (χ1v) is 5.44. The smallest absolute Gasteiger partial charge is 0.303 e. The van der Waals surface area contributed by atoms with E-state index in [4.69, 9.17) is 18.9 Å². The first-order valence-electron chi connectivity index (χ1n) is 5.44. The molecule has 1 heterocycles. The summed E-state index contributed by atoms with van der Waals surface area (Å²) in [7, 11) is 1.50. The van der Waals surface area contributed by atoms with E-state index in [9.17, 15) is 9.59 Å². The summed E-state index contributed by atoms with van der Waals surface area (Å²) in [4.78, 5) is 21.8. The lowest BCUT2D eigenvalue weighted by Crippen LogP contribution is -2.41. The highest BCUT2D eigenvalue weighted by molar-refractivity contribution is 5.66. The summed E-state index contributed by atoms with van der Waals surface area (Å²) in [6.45, 7) is 4.62. The Morgan fingerprint density at radius 1 is 1.29 bits per heavy atom. The Labute approximate surface area is 100 Å². The lowest BCUT2D eigenvalue weighted by atomic mass is 10.1. The zero-order valence-corrected chi connectivity index (χ0v) is 10.5. The monoisotopic (exact) mass is 246 g/mol. The molecule has 0 aromatic rings. The summed E-state index contributed by atoms with van der Waals surface area (Å²) in [5, 5.41) is 0. The predicted molar refractivity (Wildman–Crippen MR) is 57.3 cm³/mol. The molecule has 17 heavy (non-hydrogen) atoms. The molecule has 98 valence electrons. The van der Waals surface area contributed by atoms with E-state index < -0.39 is 24.4 Å². The average Bonchev–Trinajstić information content (AvgIpc) is 2.58. The summed E-state index contributed by atoms with van der Waals surface area (Å²) in [5.41, 5.74) is 0. The highest BCUT2D eigenvalue weighted by atomic mass is 16.6. The fourth-order valence-electron chi connectivity index (χ4n) is 1.94. The van der Waals surface area contributed by atoms with Crippen LogP contribution in [0.15, 0.2) is 0 Å². The van der Waals surface area contributed by atoms with E-state index in [1.165, 1.54) is 21.0 Å². The Bertz CT molecular complexity index is 290. The molecule has 1 fully saturated rings. The number of carbonyl (C=O) groups is 2. The first kappa shape index (κ1) is 13.9. The molecule has 0 saturated carbocycles. The number of hydrogen-bond donors (Lipinski definition) is 0. The van der Waals surface area contributed by atoms with Crippen molar-refractivity contribution in [1.82, 2.24) is 0 Å². The fraction of sp³-hybridized carbons (Fsp3) is 0.818. The third kappa shape index (κ3) is 3.67. The Morgan fingerprint density at radius 3 is 2.41 bits per heavy atom. The van der Waals surface area contributed by atoms with Crippen molar-refractivity contribution in [2.75, 3.05) is 13.7 Å². The molecule has 6 nitrogen and oxygen atoms in total. The molecule has 0 aliphatic carbocycles. The molecule has 6 heteroatoms. The van der Waals surface area contributed by atoms with Gasteiger partial charge in [0.25, 0.3) is 0 Å². The predicted octanol–water partition coefficient (Wildman–Crippen LogP) is 0.284. The number of ether oxygens (including phenoxy) is 4. The fourth-order valence-corrected chi connectivity index (χ4v) is 1.94. The molecule has 0 unspecified atom stereocenters. The zero-order chi connectivity index (χ0) is 13.0. The second-order valence-corrected chi connectivity index (χ2v) is 3.96. The minimum absolute atomic E-state index is 0.244. The van der Waals surface area contributed by atoms with Gasteiger partial charge in [0.05, 0.1) is 6.61 Å². The summed E-state index contributed by atoms with van der Waals surface area (Å²) in [5.74, 6) is -0.770. The minimum Gasteiger partial charge on any atom is -0.460 e. The molecular formula is C11H18O6. The lowest BCUT2D eigenvalue weighted by Gasteiger charge is -2.25. The van der Waals surface area contributed by atoms with Crippen molar-refractivity contribution in [3.8, 4) is 0 Å². The van der Waals surface area contributed by atoms with Gasteiger partial charge in [-0.15, -0.1) is 0 Å². The van der Waals surface area contributed by atoms with Crippen LogP contribution >= 0.6 is 0 Å². The third-order valence-electron chi connectivity index (χ3n) is 2.55. The van der Waals surface area contributed by atoms with Crippen molar-refractivity contribution in [1.29, 1.82) is 0 Å². The normalized spacial score (nSPS) is 29.8. The molecule has 0 aromatic heterocycles. The second kappa shape index (κ2) is 5.97. The molecule has 0 spiro atoms. The minimum atomic E-state index is -0.458. The number of carbonyl (C=O) groups excluding carboxylic acids is 2. The van der Waals surface area contributed by atoms with Crippen LogP contribution < -0.4 is 0 Å². The Morgan fingerprint density at radius 2 is 1.94 bits per heavy atom. The highest BCUT2D eigenvalue weighted by Gasteiger charge is 2.43. The maximum atomic E-state index is 10.9. The number of esters is 2. The van der Waals surface area contributed by atoms with Gasteiger partial charge < -0.3 is 18.9 Å². The van der Waals surface area contributed by atoms with Crippen molar-refractivity contribution in [3.05, 3.63) is 0 Å². The summed E-state index contributed by atoms with van der Waals surface area (Å²) in [6, 6.07) is 0. The third-order valence-corrected chi connectivity index (χ3v) is 2.55. The molecule has 1 aliphatic rings. The van der Waals surface area contributed by atoms with Gasteiger partial charge in [-0.05, 0) is 6.92 Å². The zero-order valence-electron chi connectivity index (χ0n) is 10.5. The van der Waals surface area contributed by atoms with E-state index >= 15 is 0 Å². The van der Waals surface area contributed by atoms with Crippen molar-refractivity contribution >= 4 is 11.9 Å². The van der Waals surface area contributed by atoms with Crippen LogP contribution in [0.25, 0.3) is 0 Å². The quantitative estimate of drug-likeness (QED) is 0.664. The van der Waals surface area contributed by atoms with Gasteiger partial charge >= 0.3 is 11.9 Å². The van der Waals surface area contributed by atoms with E-state index in [1.54, 1.807) is 6.92 Å². The number of hydrogen-bond acceptors (Lipinski definition) is 6. The maximum absolute atomic E-state index is 10.9.